The second-order valence-electron chi connectivity index (χ2n) is 4.65. The fourth-order valence-electron chi connectivity index (χ4n) is 1.65. The van der Waals surface area contributed by atoms with Crippen LogP contribution in [0.15, 0.2) is 0 Å². The second kappa shape index (κ2) is 13.6. The fraction of sp³-hybridized carbons (Fsp3) is 1.00. The van der Waals surface area contributed by atoms with E-state index in [1.165, 1.54) is 32.1 Å². The molecule has 0 amide bonds. The van der Waals surface area contributed by atoms with Gasteiger partial charge in [-0.3, -0.25) is 9.05 Å². The predicted molar refractivity (Wildman–Crippen MR) is 82.8 cm³/mol. The average Bonchev–Trinajstić information content (AvgIpc) is 2.38. The summed E-state index contributed by atoms with van der Waals surface area (Å²) in [6.45, 7) is 2.78. The van der Waals surface area contributed by atoms with E-state index in [2.05, 4.69) is 22.9 Å². The molecule has 0 aromatic heterocycles. The zero-order valence-electron chi connectivity index (χ0n) is 12.0. The molecule has 0 aromatic rings. The van der Waals surface area contributed by atoms with Gasteiger partial charge in [-0.05, 0) is 19.3 Å². The molecule has 116 valence electrons. The first-order chi connectivity index (χ1) is 9.12. The van der Waals surface area contributed by atoms with Gasteiger partial charge in [0.05, 0.1) is 13.2 Å². The van der Waals surface area contributed by atoms with Gasteiger partial charge in [0, 0.05) is 5.33 Å². The van der Waals surface area contributed by atoms with E-state index in [4.69, 9.17) is 9.05 Å². The third-order valence-corrected chi connectivity index (χ3v) is 4.36. The van der Waals surface area contributed by atoms with Gasteiger partial charge in [-0.25, -0.2) is 4.57 Å². The Bertz CT molecular complexity index is 239. The molecule has 19 heavy (non-hydrogen) atoms. The van der Waals surface area contributed by atoms with Gasteiger partial charge in [0.1, 0.15) is 0 Å². The molecule has 1 N–H and O–H groups in total. The smallest absolute Gasteiger partial charge is 0.302 e. The Kier molecular flexibility index (Phi) is 14.0. The molecule has 0 aliphatic rings. The Labute approximate surface area is 126 Å². The maximum Gasteiger partial charge on any atom is 0.472 e. The summed E-state index contributed by atoms with van der Waals surface area (Å²) < 4.78 is 21.2. The lowest BCUT2D eigenvalue weighted by atomic mass is 10.1. The highest BCUT2D eigenvalue weighted by Crippen LogP contribution is 2.43. The minimum Gasteiger partial charge on any atom is -0.302 e. The van der Waals surface area contributed by atoms with E-state index in [1.54, 1.807) is 0 Å². The molecule has 0 saturated heterocycles. The van der Waals surface area contributed by atoms with Crippen LogP contribution in [0.5, 0.6) is 0 Å². The summed E-state index contributed by atoms with van der Waals surface area (Å²) in [7, 11) is -3.81. The predicted octanol–water partition coefficient (Wildman–Crippen LogP) is 5.05. The summed E-state index contributed by atoms with van der Waals surface area (Å²) in [4.78, 5) is 9.39. The van der Waals surface area contributed by atoms with Crippen molar-refractivity contribution in [1.82, 2.24) is 0 Å². The summed E-state index contributed by atoms with van der Waals surface area (Å²) in [5.41, 5.74) is 0. The molecule has 0 aromatic carbocycles. The monoisotopic (exact) mass is 358 g/mol. The van der Waals surface area contributed by atoms with Crippen molar-refractivity contribution in [3.8, 4) is 0 Å². The zero-order valence-corrected chi connectivity index (χ0v) is 14.5. The molecule has 0 saturated carbocycles. The maximum atomic E-state index is 11.5. The zero-order chi connectivity index (χ0) is 14.4. The highest BCUT2D eigenvalue weighted by Gasteiger charge is 2.19. The Morgan fingerprint density at radius 1 is 0.895 bits per heavy atom. The number of phosphoric ester groups is 1. The van der Waals surface area contributed by atoms with Crippen molar-refractivity contribution in [2.24, 2.45) is 0 Å². The summed E-state index contributed by atoms with van der Waals surface area (Å²) >= 11 is 3.29. The lowest BCUT2D eigenvalue weighted by molar-refractivity contribution is 0.146. The van der Waals surface area contributed by atoms with E-state index in [9.17, 15) is 9.46 Å². The third-order valence-electron chi connectivity index (χ3n) is 2.78. The lowest BCUT2D eigenvalue weighted by Crippen LogP contribution is -1.99. The van der Waals surface area contributed by atoms with E-state index in [-0.39, 0.29) is 6.61 Å². The van der Waals surface area contributed by atoms with E-state index in [0.717, 1.165) is 31.0 Å². The first-order valence-electron chi connectivity index (χ1n) is 7.30. The van der Waals surface area contributed by atoms with E-state index in [1.807, 2.05) is 0 Å². The molecular formula is C13H28BrO4P. The number of halogens is 1. The molecule has 0 heterocycles. The molecule has 0 bridgehead atoms. The van der Waals surface area contributed by atoms with Crippen molar-refractivity contribution in [1.29, 1.82) is 0 Å². The summed E-state index contributed by atoms with van der Waals surface area (Å²) in [5.74, 6) is 0. The van der Waals surface area contributed by atoms with Crippen LogP contribution in [0.4, 0.5) is 0 Å². The van der Waals surface area contributed by atoms with Crippen molar-refractivity contribution >= 4 is 23.8 Å². The highest BCUT2D eigenvalue weighted by atomic mass is 79.9. The van der Waals surface area contributed by atoms with Crippen LogP contribution in [-0.2, 0) is 13.6 Å². The van der Waals surface area contributed by atoms with Gasteiger partial charge in [0.15, 0.2) is 0 Å². The van der Waals surface area contributed by atoms with Crippen LogP contribution in [0, 0.1) is 0 Å². The van der Waals surface area contributed by atoms with Gasteiger partial charge in [-0.1, -0.05) is 61.4 Å². The lowest BCUT2D eigenvalue weighted by Gasteiger charge is -2.11. The molecule has 6 heteroatoms. The largest absolute Gasteiger partial charge is 0.472 e. The summed E-state index contributed by atoms with van der Waals surface area (Å²) in [6, 6.07) is 0. The highest BCUT2D eigenvalue weighted by molar-refractivity contribution is 9.09. The summed E-state index contributed by atoms with van der Waals surface area (Å²) in [5, 5.41) is 0.880. The number of phosphoric acid groups is 1. The first kappa shape index (κ1) is 19.6. The van der Waals surface area contributed by atoms with Crippen LogP contribution >= 0.6 is 23.8 Å². The van der Waals surface area contributed by atoms with Crippen molar-refractivity contribution in [2.75, 3.05) is 18.5 Å². The fourth-order valence-corrected chi connectivity index (χ4v) is 2.84. The molecule has 0 aliphatic heterocycles. The van der Waals surface area contributed by atoms with Crippen LogP contribution in [0.1, 0.15) is 64.7 Å². The van der Waals surface area contributed by atoms with Crippen molar-refractivity contribution in [3.63, 3.8) is 0 Å². The van der Waals surface area contributed by atoms with E-state index in [0.29, 0.717) is 6.61 Å². The minimum atomic E-state index is -3.81. The minimum absolute atomic E-state index is 0.274. The molecule has 0 spiro atoms. The quantitative estimate of drug-likeness (QED) is 0.268. The SMILES string of the molecule is CCCCCCCCCOP(=O)(O)OCCCCBr. The second-order valence-corrected chi connectivity index (χ2v) is 6.90. The molecule has 0 radical (unpaired) electrons. The van der Waals surface area contributed by atoms with Gasteiger partial charge in [-0.15, -0.1) is 0 Å². The molecule has 1 atom stereocenters. The van der Waals surface area contributed by atoms with Crippen LogP contribution in [0.25, 0.3) is 0 Å². The average molecular weight is 359 g/mol. The molecule has 1 unspecified atom stereocenters. The molecule has 0 aliphatic carbocycles. The van der Waals surface area contributed by atoms with Gasteiger partial charge >= 0.3 is 7.82 Å². The molecule has 4 nitrogen and oxygen atoms in total. The number of alkyl halides is 1. The first-order valence-corrected chi connectivity index (χ1v) is 9.92. The molecule has 0 fully saturated rings. The van der Waals surface area contributed by atoms with Gasteiger partial charge in [0.25, 0.3) is 0 Å². The summed E-state index contributed by atoms with van der Waals surface area (Å²) in [6.07, 6.45) is 9.81. The topological polar surface area (TPSA) is 55.8 Å². The van der Waals surface area contributed by atoms with Crippen LogP contribution in [-0.4, -0.2) is 23.4 Å². The normalized spacial score (nSPS) is 14.5. The van der Waals surface area contributed by atoms with Gasteiger partial charge in [0.2, 0.25) is 0 Å². The Morgan fingerprint density at radius 3 is 1.89 bits per heavy atom. The van der Waals surface area contributed by atoms with Crippen molar-refractivity contribution in [2.45, 2.75) is 64.7 Å². The Hall–Kier alpha value is 0.590. The number of unbranched alkanes of at least 4 members (excludes halogenated alkanes) is 7. The van der Waals surface area contributed by atoms with Crippen LogP contribution < -0.4 is 0 Å². The van der Waals surface area contributed by atoms with E-state index >= 15 is 0 Å². The van der Waals surface area contributed by atoms with Crippen LogP contribution in [0.2, 0.25) is 0 Å². The standard InChI is InChI=1S/C13H28BrO4P/c1-2-3-4-5-6-7-9-12-17-19(15,16)18-13-10-8-11-14/h2-13H2,1H3,(H,15,16). The van der Waals surface area contributed by atoms with Gasteiger partial charge < -0.3 is 4.89 Å². The number of hydrogen-bond acceptors (Lipinski definition) is 3. The maximum absolute atomic E-state index is 11.5. The Morgan fingerprint density at radius 2 is 1.37 bits per heavy atom. The molecule has 0 rings (SSSR count). The number of hydrogen-bond donors (Lipinski definition) is 1. The van der Waals surface area contributed by atoms with Crippen LogP contribution in [0.3, 0.4) is 0 Å². The Balaban J connectivity index is 3.35. The number of rotatable bonds is 14. The third kappa shape index (κ3) is 14.8. The molecular weight excluding hydrogens is 331 g/mol. The van der Waals surface area contributed by atoms with E-state index < -0.39 is 7.82 Å². The van der Waals surface area contributed by atoms with Crippen molar-refractivity contribution < 1.29 is 18.5 Å². The van der Waals surface area contributed by atoms with Crippen molar-refractivity contribution in [3.05, 3.63) is 0 Å². The van der Waals surface area contributed by atoms with Gasteiger partial charge in [-0.2, -0.15) is 0 Å².